The van der Waals surface area contributed by atoms with Crippen LogP contribution in [0.1, 0.15) is 26.7 Å². The first-order valence-corrected chi connectivity index (χ1v) is 6.08. The molecule has 1 fully saturated rings. The first-order chi connectivity index (χ1) is 7.42. The molecule has 1 aliphatic rings. The second-order valence-corrected chi connectivity index (χ2v) is 5.02. The molecule has 1 aliphatic carbocycles. The zero-order valence-electron chi connectivity index (χ0n) is 10.2. The third kappa shape index (κ3) is 2.80. The van der Waals surface area contributed by atoms with Crippen molar-refractivity contribution < 1.29 is 14.3 Å². The van der Waals surface area contributed by atoms with Gasteiger partial charge in [0, 0.05) is 25.0 Å². The third-order valence-corrected chi connectivity index (χ3v) is 3.71. The molecule has 0 spiro atoms. The van der Waals surface area contributed by atoms with E-state index in [1.807, 2.05) is 6.92 Å². The number of thiol groups is 1. The fourth-order valence-corrected chi connectivity index (χ4v) is 2.68. The number of ether oxygens (including phenoxy) is 2. The molecule has 1 saturated carbocycles. The highest BCUT2D eigenvalue weighted by Gasteiger charge is 2.46. The van der Waals surface area contributed by atoms with Crippen LogP contribution in [0, 0.1) is 5.92 Å². The van der Waals surface area contributed by atoms with Crippen LogP contribution < -0.4 is 0 Å². The highest BCUT2D eigenvalue weighted by Crippen LogP contribution is 2.40. The lowest BCUT2D eigenvalue weighted by atomic mass is 9.94. The lowest BCUT2D eigenvalue weighted by molar-refractivity contribution is -0.156. The van der Waals surface area contributed by atoms with Crippen molar-refractivity contribution in [1.82, 2.24) is 0 Å². The Morgan fingerprint density at radius 1 is 1.62 bits per heavy atom. The van der Waals surface area contributed by atoms with Gasteiger partial charge in [-0.3, -0.25) is 0 Å². The molecule has 0 aromatic carbocycles. The summed E-state index contributed by atoms with van der Waals surface area (Å²) in [6.07, 6.45) is 1.77. The molecule has 3 nitrogen and oxygen atoms in total. The van der Waals surface area contributed by atoms with E-state index in [9.17, 15) is 4.79 Å². The van der Waals surface area contributed by atoms with Crippen LogP contribution in [0.5, 0.6) is 0 Å². The summed E-state index contributed by atoms with van der Waals surface area (Å²) >= 11 is 4.31. The summed E-state index contributed by atoms with van der Waals surface area (Å²) in [5.74, 6) is 0.606. The minimum atomic E-state index is -0.474. The largest absolute Gasteiger partial charge is 0.456 e. The number of methoxy groups -OCH3 is 1. The molecule has 1 rings (SSSR count). The van der Waals surface area contributed by atoms with Crippen LogP contribution in [0.4, 0.5) is 0 Å². The van der Waals surface area contributed by atoms with Gasteiger partial charge in [-0.2, -0.15) is 12.6 Å². The maximum absolute atomic E-state index is 11.6. The summed E-state index contributed by atoms with van der Waals surface area (Å²) < 4.78 is 10.9. The van der Waals surface area contributed by atoms with Crippen LogP contribution >= 0.6 is 12.6 Å². The van der Waals surface area contributed by atoms with Crippen LogP contribution in [0.25, 0.3) is 0 Å². The van der Waals surface area contributed by atoms with Crippen LogP contribution in [0.15, 0.2) is 12.2 Å². The van der Waals surface area contributed by atoms with Gasteiger partial charge in [-0.15, -0.1) is 0 Å². The van der Waals surface area contributed by atoms with E-state index in [0.29, 0.717) is 11.3 Å². The van der Waals surface area contributed by atoms with Crippen molar-refractivity contribution in [2.45, 2.75) is 38.4 Å². The fourth-order valence-electron chi connectivity index (χ4n) is 2.14. The van der Waals surface area contributed by atoms with Gasteiger partial charge >= 0.3 is 5.97 Å². The Hall–Kier alpha value is -0.480. The van der Waals surface area contributed by atoms with E-state index >= 15 is 0 Å². The molecule has 16 heavy (non-hydrogen) atoms. The molecular weight excluding hydrogens is 224 g/mol. The number of hydrogen-bond acceptors (Lipinski definition) is 4. The minimum absolute atomic E-state index is 0.153. The van der Waals surface area contributed by atoms with E-state index in [2.05, 4.69) is 19.2 Å². The average Bonchev–Trinajstić information content (AvgIpc) is 2.54. The Kier molecular flexibility index (Phi) is 4.44. The number of esters is 1. The molecule has 0 heterocycles. The summed E-state index contributed by atoms with van der Waals surface area (Å²) in [6, 6.07) is 0. The summed E-state index contributed by atoms with van der Waals surface area (Å²) in [5.41, 5.74) is -0.0432. The van der Waals surface area contributed by atoms with Gasteiger partial charge in [-0.05, 0) is 26.0 Å². The molecule has 0 aromatic rings. The topological polar surface area (TPSA) is 35.5 Å². The van der Waals surface area contributed by atoms with E-state index in [1.54, 1.807) is 14.0 Å². The second-order valence-electron chi connectivity index (χ2n) is 4.66. The molecule has 0 bridgehead atoms. The standard InChI is InChI=1S/C12H20O3S/c1-8(2)11(13)15-12(3)6-10(14-4)5-9(12)7-16/h9-10,16H,1,5-7H2,2-4H3. The zero-order valence-corrected chi connectivity index (χ0v) is 11.0. The maximum atomic E-state index is 11.6. The SMILES string of the molecule is C=C(C)C(=O)OC1(C)CC(OC)CC1CS. The van der Waals surface area contributed by atoms with E-state index in [1.165, 1.54) is 0 Å². The van der Waals surface area contributed by atoms with Crippen molar-refractivity contribution in [3.8, 4) is 0 Å². The smallest absolute Gasteiger partial charge is 0.333 e. The zero-order chi connectivity index (χ0) is 12.3. The fraction of sp³-hybridized carbons (Fsp3) is 0.750. The third-order valence-electron chi connectivity index (χ3n) is 3.27. The lowest BCUT2D eigenvalue weighted by Crippen LogP contribution is -2.37. The Morgan fingerprint density at radius 2 is 2.25 bits per heavy atom. The van der Waals surface area contributed by atoms with E-state index < -0.39 is 5.60 Å². The number of hydrogen-bond donors (Lipinski definition) is 1. The Balaban J connectivity index is 2.74. The first-order valence-electron chi connectivity index (χ1n) is 5.45. The summed E-state index contributed by atoms with van der Waals surface area (Å²) in [5, 5.41) is 0. The quantitative estimate of drug-likeness (QED) is 0.468. The van der Waals surface area contributed by atoms with Crippen LogP contribution in [0.2, 0.25) is 0 Å². The van der Waals surface area contributed by atoms with Crippen molar-refractivity contribution in [3.05, 3.63) is 12.2 Å². The molecule has 3 atom stereocenters. The molecule has 0 amide bonds. The normalized spacial score (nSPS) is 33.8. The van der Waals surface area contributed by atoms with Gasteiger partial charge < -0.3 is 9.47 Å². The molecule has 92 valence electrons. The molecule has 4 heteroatoms. The van der Waals surface area contributed by atoms with Gasteiger partial charge in [0.1, 0.15) is 5.60 Å². The second kappa shape index (κ2) is 5.23. The van der Waals surface area contributed by atoms with Gasteiger partial charge in [0.15, 0.2) is 0 Å². The molecule has 0 N–H and O–H groups in total. The van der Waals surface area contributed by atoms with Gasteiger partial charge in [0.25, 0.3) is 0 Å². The number of carbonyl (C=O) groups is 1. The van der Waals surface area contributed by atoms with Crippen LogP contribution in [0.3, 0.4) is 0 Å². The van der Waals surface area contributed by atoms with Crippen molar-refractivity contribution in [2.75, 3.05) is 12.9 Å². The Bertz CT molecular complexity index is 290. The molecule has 0 aliphatic heterocycles. The molecule has 0 aromatic heterocycles. The van der Waals surface area contributed by atoms with Crippen LogP contribution in [-0.2, 0) is 14.3 Å². The maximum Gasteiger partial charge on any atom is 0.333 e. The van der Waals surface area contributed by atoms with Gasteiger partial charge in [-0.1, -0.05) is 6.58 Å². The van der Waals surface area contributed by atoms with E-state index in [4.69, 9.17) is 9.47 Å². The average molecular weight is 244 g/mol. The summed E-state index contributed by atoms with van der Waals surface area (Å²) in [7, 11) is 1.69. The number of carbonyl (C=O) groups excluding carboxylic acids is 1. The highest BCUT2D eigenvalue weighted by molar-refractivity contribution is 7.80. The minimum Gasteiger partial charge on any atom is -0.456 e. The van der Waals surface area contributed by atoms with Crippen molar-refractivity contribution >= 4 is 18.6 Å². The predicted octanol–water partition coefficient (Wildman–Crippen LogP) is 2.22. The van der Waals surface area contributed by atoms with Gasteiger partial charge in [0.05, 0.1) is 6.10 Å². The lowest BCUT2D eigenvalue weighted by Gasteiger charge is -2.30. The van der Waals surface area contributed by atoms with Gasteiger partial charge in [-0.25, -0.2) is 4.79 Å². The Morgan fingerprint density at radius 3 is 2.69 bits per heavy atom. The van der Waals surface area contributed by atoms with Crippen molar-refractivity contribution in [2.24, 2.45) is 5.92 Å². The Labute approximate surface area is 103 Å². The first kappa shape index (κ1) is 13.6. The predicted molar refractivity (Wildman–Crippen MR) is 66.7 cm³/mol. The van der Waals surface area contributed by atoms with Crippen LogP contribution in [-0.4, -0.2) is 30.5 Å². The monoisotopic (exact) mass is 244 g/mol. The highest BCUT2D eigenvalue weighted by atomic mass is 32.1. The summed E-state index contributed by atoms with van der Waals surface area (Å²) in [4.78, 5) is 11.6. The van der Waals surface area contributed by atoms with E-state index in [-0.39, 0.29) is 18.0 Å². The van der Waals surface area contributed by atoms with Crippen molar-refractivity contribution in [3.63, 3.8) is 0 Å². The molecule has 0 saturated heterocycles. The molecule has 3 unspecified atom stereocenters. The summed E-state index contributed by atoms with van der Waals surface area (Å²) in [6.45, 7) is 7.20. The van der Waals surface area contributed by atoms with E-state index in [0.717, 1.165) is 12.8 Å². The van der Waals surface area contributed by atoms with Crippen molar-refractivity contribution in [1.29, 1.82) is 0 Å². The molecule has 0 radical (unpaired) electrons. The van der Waals surface area contributed by atoms with Gasteiger partial charge in [0.2, 0.25) is 0 Å². The molecular formula is C12H20O3S. The number of rotatable bonds is 4.